The molecule has 1 N–H and O–H groups in total. The number of carbonyl (C=O) groups is 2. The maximum Gasteiger partial charge on any atom is 0.471 e. The largest absolute Gasteiger partial charge is 0.471 e. The van der Waals surface area contributed by atoms with E-state index in [0.717, 1.165) is 12.8 Å². The Morgan fingerprint density at radius 2 is 2.11 bits per heavy atom. The zero-order chi connectivity index (χ0) is 14.5. The van der Waals surface area contributed by atoms with Crippen molar-refractivity contribution in [1.29, 1.82) is 0 Å². The fourth-order valence-corrected chi connectivity index (χ4v) is 1.76. The average molecular weight is 282 g/mol. The first-order valence-corrected chi connectivity index (χ1v) is 6.14. The maximum absolute atomic E-state index is 12.2. The van der Waals surface area contributed by atoms with Gasteiger partial charge in [0.05, 0.1) is 12.6 Å². The number of alkyl carbamates (subject to hydrolysis) is 1. The van der Waals surface area contributed by atoms with Crippen molar-refractivity contribution in [3.63, 3.8) is 0 Å². The normalized spacial score (nSPS) is 19.4. The first-order valence-electron chi connectivity index (χ1n) is 6.14. The minimum absolute atomic E-state index is 0.0156. The molecule has 0 aromatic heterocycles. The van der Waals surface area contributed by atoms with Gasteiger partial charge in [0, 0.05) is 13.1 Å². The van der Waals surface area contributed by atoms with Gasteiger partial charge in [0.25, 0.3) is 0 Å². The van der Waals surface area contributed by atoms with Crippen LogP contribution < -0.4 is 5.32 Å². The lowest BCUT2D eigenvalue weighted by Crippen LogP contribution is -2.43. The second-order valence-corrected chi connectivity index (χ2v) is 4.37. The summed E-state index contributed by atoms with van der Waals surface area (Å²) in [6.45, 7) is 2.07. The molecule has 0 unspecified atom stereocenters. The van der Waals surface area contributed by atoms with Gasteiger partial charge in [-0.05, 0) is 12.8 Å². The Labute approximate surface area is 109 Å². The first kappa shape index (κ1) is 15.6. The van der Waals surface area contributed by atoms with E-state index in [1.807, 2.05) is 6.92 Å². The summed E-state index contributed by atoms with van der Waals surface area (Å²) in [6.07, 6.45) is -3.61. The first-order chi connectivity index (χ1) is 8.84. The van der Waals surface area contributed by atoms with Crippen LogP contribution >= 0.6 is 0 Å². The summed E-state index contributed by atoms with van der Waals surface area (Å²) in [7, 11) is 0. The summed E-state index contributed by atoms with van der Waals surface area (Å²) >= 11 is 0. The molecule has 5 nitrogen and oxygen atoms in total. The van der Waals surface area contributed by atoms with Crippen molar-refractivity contribution in [2.75, 3.05) is 19.7 Å². The topological polar surface area (TPSA) is 58.6 Å². The lowest BCUT2D eigenvalue weighted by molar-refractivity contribution is -0.184. The van der Waals surface area contributed by atoms with Crippen molar-refractivity contribution in [3.8, 4) is 0 Å². The van der Waals surface area contributed by atoms with Crippen LogP contribution in [0.25, 0.3) is 0 Å². The standard InChI is InChI=1S/C11H17F3N2O3/c1-2-3-6-19-10(18)15-8-4-5-16(7-8)9(17)11(12,13)14/h8H,2-7H2,1H3,(H,15,18)/t8-/m1/s1. The van der Waals surface area contributed by atoms with Crippen LogP contribution in [0.4, 0.5) is 18.0 Å². The number of halogens is 3. The van der Waals surface area contributed by atoms with Gasteiger partial charge in [0.2, 0.25) is 0 Å². The average Bonchev–Trinajstić information content (AvgIpc) is 2.75. The van der Waals surface area contributed by atoms with Crippen molar-refractivity contribution >= 4 is 12.0 Å². The number of nitrogens with zero attached hydrogens (tertiary/aromatic N) is 1. The van der Waals surface area contributed by atoms with Crippen LogP contribution in [-0.4, -0.2) is 48.8 Å². The van der Waals surface area contributed by atoms with Crippen LogP contribution in [0.2, 0.25) is 0 Å². The quantitative estimate of drug-likeness (QED) is 0.798. The van der Waals surface area contributed by atoms with Gasteiger partial charge in [-0.3, -0.25) is 4.79 Å². The van der Waals surface area contributed by atoms with Gasteiger partial charge in [-0.25, -0.2) is 4.79 Å². The molecule has 0 aromatic carbocycles. The molecule has 0 spiro atoms. The molecule has 1 heterocycles. The van der Waals surface area contributed by atoms with E-state index in [1.165, 1.54) is 0 Å². The number of nitrogens with one attached hydrogen (secondary N) is 1. The highest BCUT2D eigenvalue weighted by atomic mass is 19.4. The number of ether oxygens (including phenoxy) is 1. The molecule has 1 aliphatic heterocycles. The van der Waals surface area contributed by atoms with Gasteiger partial charge in [-0.15, -0.1) is 0 Å². The highest BCUT2D eigenvalue weighted by Gasteiger charge is 2.44. The van der Waals surface area contributed by atoms with Crippen LogP contribution in [0.3, 0.4) is 0 Å². The second-order valence-electron chi connectivity index (χ2n) is 4.37. The zero-order valence-electron chi connectivity index (χ0n) is 10.6. The van der Waals surface area contributed by atoms with Gasteiger partial charge in [0.1, 0.15) is 0 Å². The van der Waals surface area contributed by atoms with Gasteiger partial charge >= 0.3 is 18.2 Å². The Balaban J connectivity index is 2.32. The van der Waals surface area contributed by atoms with Crippen LogP contribution in [0.5, 0.6) is 0 Å². The van der Waals surface area contributed by atoms with Crippen LogP contribution in [-0.2, 0) is 9.53 Å². The summed E-state index contributed by atoms with van der Waals surface area (Å²) in [5.74, 6) is -1.86. The molecule has 1 rings (SSSR count). The molecule has 1 atom stereocenters. The fraction of sp³-hybridized carbons (Fsp3) is 0.818. The van der Waals surface area contributed by atoms with Crippen LogP contribution in [0.1, 0.15) is 26.2 Å². The molecule has 1 saturated heterocycles. The minimum Gasteiger partial charge on any atom is -0.450 e. The minimum atomic E-state index is -4.86. The summed E-state index contributed by atoms with van der Waals surface area (Å²) in [4.78, 5) is 22.9. The van der Waals surface area contributed by atoms with Crippen LogP contribution in [0, 0.1) is 0 Å². The van der Waals surface area contributed by atoms with E-state index in [2.05, 4.69) is 5.32 Å². The predicted octanol–water partition coefficient (Wildman–Crippen LogP) is 1.68. The summed E-state index contributed by atoms with van der Waals surface area (Å²) in [6, 6.07) is -0.486. The van der Waals surface area contributed by atoms with Crippen molar-refractivity contribution in [3.05, 3.63) is 0 Å². The molecule has 1 fully saturated rings. The number of alkyl halides is 3. The van der Waals surface area contributed by atoms with Gasteiger partial charge in [-0.1, -0.05) is 13.3 Å². The molecule has 0 aliphatic carbocycles. The van der Waals surface area contributed by atoms with Crippen molar-refractivity contribution in [2.24, 2.45) is 0 Å². The number of hydrogen-bond donors (Lipinski definition) is 1. The molecule has 2 amide bonds. The lowest BCUT2D eigenvalue weighted by Gasteiger charge is -2.18. The number of carbonyl (C=O) groups excluding carboxylic acids is 2. The molecular weight excluding hydrogens is 265 g/mol. The molecule has 19 heavy (non-hydrogen) atoms. The molecule has 0 saturated carbocycles. The van der Waals surface area contributed by atoms with E-state index in [1.54, 1.807) is 0 Å². The Morgan fingerprint density at radius 1 is 1.42 bits per heavy atom. The third-order valence-corrected chi connectivity index (χ3v) is 2.77. The second kappa shape index (κ2) is 6.63. The molecule has 0 radical (unpaired) electrons. The summed E-state index contributed by atoms with van der Waals surface area (Å²) in [5, 5.41) is 2.45. The fourth-order valence-electron chi connectivity index (χ4n) is 1.76. The monoisotopic (exact) mass is 282 g/mol. The Morgan fingerprint density at radius 3 is 2.68 bits per heavy atom. The number of hydrogen-bond acceptors (Lipinski definition) is 3. The number of unbranched alkanes of at least 4 members (excludes halogenated alkanes) is 1. The van der Waals surface area contributed by atoms with E-state index >= 15 is 0 Å². The lowest BCUT2D eigenvalue weighted by atomic mass is 10.3. The van der Waals surface area contributed by atoms with Crippen molar-refractivity contribution in [2.45, 2.75) is 38.4 Å². The van der Waals surface area contributed by atoms with E-state index in [9.17, 15) is 22.8 Å². The summed E-state index contributed by atoms with van der Waals surface area (Å²) < 4.78 is 41.4. The third kappa shape index (κ3) is 4.96. The molecule has 8 heteroatoms. The Hall–Kier alpha value is -1.47. The highest BCUT2D eigenvalue weighted by molar-refractivity contribution is 5.82. The smallest absolute Gasteiger partial charge is 0.450 e. The number of rotatable bonds is 4. The Kier molecular flexibility index (Phi) is 5.44. The number of likely N-dealkylation sites (tertiary alicyclic amines) is 1. The summed E-state index contributed by atoms with van der Waals surface area (Å²) in [5.41, 5.74) is 0. The van der Waals surface area contributed by atoms with E-state index in [0.29, 0.717) is 11.3 Å². The van der Waals surface area contributed by atoms with Crippen molar-refractivity contribution in [1.82, 2.24) is 10.2 Å². The van der Waals surface area contributed by atoms with Gasteiger partial charge in [-0.2, -0.15) is 13.2 Å². The molecule has 110 valence electrons. The zero-order valence-corrected chi connectivity index (χ0v) is 10.6. The van der Waals surface area contributed by atoms with Gasteiger partial charge < -0.3 is 15.0 Å². The molecular formula is C11H17F3N2O3. The third-order valence-electron chi connectivity index (χ3n) is 2.77. The van der Waals surface area contributed by atoms with E-state index in [4.69, 9.17) is 4.74 Å². The highest BCUT2D eigenvalue weighted by Crippen LogP contribution is 2.21. The maximum atomic E-state index is 12.2. The molecule has 0 bridgehead atoms. The van der Waals surface area contributed by atoms with Crippen LogP contribution in [0.15, 0.2) is 0 Å². The SMILES string of the molecule is CCCCOC(=O)N[C@@H]1CCN(C(=O)C(F)(F)F)C1. The Bertz CT molecular complexity index is 334. The van der Waals surface area contributed by atoms with E-state index in [-0.39, 0.29) is 19.7 Å². The predicted molar refractivity (Wildman–Crippen MR) is 60.4 cm³/mol. The molecule has 0 aromatic rings. The van der Waals surface area contributed by atoms with Crippen molar-refractivity contribution < 1.29 is 27.5 Å². The number of amides is 2. The molecule has 1 aliphatic rings. The van der Waals surface area contributed by atoms with E-state index < -0.39 is 24.2 Å². The van der Waals surface area contributed by atoms with Gasteiger partial charge in [0.15, 0.2) is 0 Å².